The molecule has 0 heterocycles. The van der Waals surface area contributed by atoms with Gasteiger partial charge >= 0.3 is 0 Å². The molecule has 0 spiro atoms. The van der Waals surface area contributed by atoms with Gasteiger partial charge in [0.25, 0.3) is 0 Å². The van der Waals surface area contributed by atoms with Gasteiger partial charge in [0, 0.05) is 5.92 Å². The molecule has 0 fully saturated rings. The fourth-order valence-electron chi connectivity index (χ4n) is 1.13. The number of alkyl halides is 1. The topological polar surface area (TPSA) is 0 Å². The third-order valence-electron chi connectivity index (χ3n) is 2.03. The van der Waals surface area contributed by atoms with E-state index in [-0.39, 0.29) is 12.6 Å². The normalized spacial score (nSPS) is 13.0. The summed E-state index contributed by atoms with van der Waals surface area (Å²) in [4.78, 5) is 0. The minimum Gasteiger partial charge on any atom is -0.250 e. The molecule has 0 radical (unpaired) electrons. The van der Waals surface area contributed by atoms with E-state index < -0.39 is 0 Å². The molecule has 0 bridgehead atoms. The minimum atomic E-state index is -0.378. The third-order valence-corrected chi connectivity index (χ3v) is 2.93. The van der Waals surface area contributed by atoms with E-state index in [1.165, 1.54) is 0 Å². The molecule has 1 atom stereocenters. The van der Waals surface area contributed by atoms with Crippen molar-refractivity contribution in [3.8, 4) is 0 Å². The van der Waals surface area contributed by atoms with Crippen LogP contribution in [-0.2, 0) is 0 Å². The Hall–Kier alpha value is -0.270. The van der Waals surface area contributed by atoms with Crippen LogP contribution in [0.4, 0.5) is 4.39 Å². The molecular formula is C10H11Cl2F. The van der Waals surface area contributed by atoms with Gasteiger partial charge in [0.15, 0.2) is 0 Å². The Morgan fingerprint density at radius 2 is 2.00 bits per heavy atom. The van der Waals surface area contributed by atoms with Crippen molar-refractivity contribution in [2.45, 2.75) is 19.8 Å². The average Bonchev–Trinajstić information content (AvgIpc) is 2.12. The Morgan fingerprint density at radius 1 is 1.38 bits per heavy atom. The fourth-order valence-corrected chi connectivity index (χ4v) is 1.51. The zero-order chi connectivity index (χ0) is 10.0. The molecule has 72 valence electrons. The van der Waals surface area contributed by atoms with E-state index >= 15 is 0 Å². The first-order valence-corrected chi connectivity index (χ1v) is 4.83. The summed E-state index contributed by atoms with van der Waals surface area (Å²) >= 11 is 11.7. The van der Waals surface area contributed by atoms with Gasteiger partial charge in [0.1, 0.15) is 0 Å². The molecule has 1 rings (SSSR count). The van der Waals surface area contributed by atoms with E-state index in [9.17, 15) is 4.39 Å². The summed E-state index contributed by atoms with van der Waals surface area (Å²) in [6.07, 6.45) is 0. The quantitative estimate of drug-likeness (QED) is 0.695. The number of rotatable bonds is 2. The molecule has 0 saturated carbocycles. The van der Waals surface area contributed by atoms with Crippen molar-refractivity contribution < 1.29 is 4.39 Å². The highest BCUT2D eigenvalue weighted by Crippen LogP contribution is 2.30. The minimum absolute atomic E-state index is 0.117. The summed E-state index contributed by atoms with van der Waals surface area (Å²) in [6.45, 7) is 3.30. The van der Waals surface area contributed by atoms with Crippen LogP contribution < -0.4 is 0 Å². The standard InChI is InChI=1S/C10H11Cl2F/c1-6-3-8(7(2)5-13)4-9(11)10(6)12/h3-4,7H,5H2,1-2H3. The number of aryl methyl sites for hydroxylation is 1. The van der Waals surface area contributed by atoms with Gasteiger partial charge in [-0.3, -0.25) is 4.39 Å². The van der Waals surface area contributed by atoms with Gasteiger partial charge in [-0.05, 0) is 24.1 Å². The smallest absolute Gasteiger partial charge is 0.0960 e. The summed E-state index contributed by atoms with van der Waals surface area (Å²) in [5.74, 6) is -0.117. The van der Waals surface area contributed by atoms with Crippen LogP contribution in [0.2, 0.25) is 10.0 Å². The molecule has 1 aromatic carbocycles. The van der Waals surface area contributed by atoms with E-state index in [0.29, 0.717) is 10.0 Å². The largest absolute Gasteiger partial charge is 0.250 e. The molecule has 0 aliphatic heterocycles. The van der Waals surface area contributed by atoms with E-state index in [4.69, 9.17) is 23.2 Å². The lowest BCUT2D eigenvalue weighted by Crippen LogP contribution is -1.96. The van der Waals surface area contributed by atoms with Gasteiger partial charge in [-0.25, -0.2) is 0 Å². The van der Waals surface area contributed by atoms with Gasteiger partial charge in [0.2, 0.25) is 0 Å². The number of benzene rings is 1. The maximum absolute atomic E-state index is 12.4. The van der Waals surface area contributed by atoms with Crippen molar-refractivity contribution in [2.75, 3.05) is 6.67 Å². The summed E-state index contributed by atoms with van der Waals surface area (Å²) < 4.78 is 12.4. The van der Waals surface area contributed by atoms with Crippen LogP contribution in [0.5, 0.6) is 0 Å². The first kappa shape index (κ1) is 10.8. The highest BCUT2D eigenvalue weighted by molar-refractivity contribution is 6.42. The predicted octanol–water partition coefficient (Wildman–Crippen LogP) is 4.37. The van der Waals surface area contributed by atoms with Crippen molar-refractivity contribution in [1.29, 1.82) is 0 Å². The molecule has 0 nitrogen and oxygen atoms in total. The first-order valence-electron chi connectivity index (χ1n) is 4.07. The van der Waals surface area contributed by atoms with Gasteiger partial charge in [-0.1, -0.05) is 36.2 Å². The van der Waals surface area contributed by atoms with Gasteiger partial charge in [-0.2, -0.15) is 0 Å². The van der Waals surface area contributed by atoms with Crippen LogP contribution in [0, 0.1) is 6.92 Å². The SMILES string of the molecule is Cc1cc(C(C)CF)cc(Cl)c1Cl. The van der Waals surface area contributed by atoms with Gasteiger partial charge in [-0.15, -0.1) is 0 Å². The summed E-state index contributed by atoms with van der Waals surface area (Å²) in [7, 11) is 0. The zero-order valence-electron chi connectivity index (χ0n) is 7.57. The highest BCUT2D eigenvalue weighted by Gasteiger charge is 2.09. The van der Waals surface area contributed by atoms with Crippen molar-refractivity contribution >= 4 is 23.2 Å². The fraction of sp³-hybridized carbons (Fsp3) is 0.400. The van der Waals surface area contributed by atoms with Gasteiger partial charge in [0.05, 0.1) is 16.7 Å². The Bertz CT molecular complexity index is 287. The van der Waals surface area contributed by atoms with E-state index in [1.54, 1.807) is 6.07 Å². The van der Waals surface area contributed by atoms with E-state index in [1.807, 2.05) is 19.9 Å². The monoisotopic (exact) mass is 220 g/mol. The lowest BCUT2D eigenvalue weighted by Gasteiger charge is -2.10. The summed E-state index contributed by atoms with van der Waals surface area (Å²) in [5, 5.41) is 1.05. The molecule has 0 saturated heterocycles. The molecule has 0 aliphatic carbocycles. The predicted molar refractivity (Wildman–Crippen MR) is 55.6 cm³/mol. The van der Waals surface area contributed by atoms with Crippen LogP contribution in [0.3, 0.4) is 0 Å². The second-order valence-corrected chi connectivity index (χ2v) is 3.97. The number of hydrogen-bond donors (Lipinski definition) is 0. The lowest BCUT2D eigenvalue weighted by atomic mass is 10.0. The number of halogens is 3. The maximum Gasteiger partial charge on any atom is 0.0960 e. The van der Waals surface area contributed by atoms with Crippen molar-refractivity contribution in [2.24, 2.45) is 0 Å². The average molecular weight is 221 g/mol. The highest BCUT2D eigenvalue weighted by atomic mass is 35.5. The van der Waals surface area contributed by atoms with Crippen LogP contribution in [0.15, 0.2) is 12.1 Å². The molecule has 1 aromatic rings. The molecule has 3 heteroatoms. The van der Waals surface area contributed by atoms with Crippen LogP contribution in [-0.4, -0.2) is 6.67 Å². The Balaban J connectivity index is 3.13. The maximum atomic E-state index is 12.4. The molecule has 0 N–H and O–H groups in total. The molecule has 0 aliphatic rings. The summed E-state index contributed by atoms with van der Waals surface area (Å²) in [6, 6.07) is 3.60. The Morgan fingerprint density at radius 3 is 2.46 bits per heavy atom. The van der Waals surface area contributed by atoms with Crippen LogP contribution in [0.1, 0.15) is 24.0 Å². The van der Waals surface area contributed by atoms with Crippen LogP contribution in [0.25, 0.3) is 0 Å². The Labute approximate surface area is 87.7 Å². The molecule has 13 heavy (non-hydrogen) atoms. The second kappa shape index (κ2) is 4.30. The molecule has 1 unspecified atom stereocenters. The molecular weight excluding hydrogens is 210 g/mol. The van der Waals surface area contributed by atoms with Crippen LogP contribution >= 0.6 is 23.2 Å². The second-order valence-electron chi connectivity index (χ2n) is 3.19. The van der Waals surface area contributed by atoms with Crippen molar-refractivity contribution in [1.82, 2.24) is 0 Å². The van der Waals surface area contributed by atoms with E-state index in [0.717, 1.165) is 11.1 Å². The lowest BCUT2D eigenvalue weighted by molar-refractivity contribution is 0.447. The van der Waals surface area contributed by atoms with Crippen molar-refractivity contribution in [3.05, 3.63) is 33.3 Å². The third kappa shape index (κ3) is 2.35. The molecule has 0 aromatic heterocycles. The van der Waals surface area contributed by atoms with Crippen molar-refractivity contribution in [3.63, 3.8) is 0 Å². The Kier molecular flexibility index (Phi) is 3.57. The number of hydrogen-bond acceptors (Lipinski definition) is 0. The zero-order valence-corrected chi connectivity index (χ0v) is 9.08. The molecule has 0 amide bonds. The summed E-state index contributed by atoms with van der Waals surface area (Å²) in [5.41, 5.74) is 1.79. The van der Waals surface area contributed by atoms with Gasteiger partial charge < -0.3 is 0 Å². The van der Waals surface area contributed by atoms with E-state index in [2.05, 4.69) is 0 Å². The first-order chi connectivity index (χ1) is 6.06.